The van der Waals surface area contributed by atoms with Gasteiger partial charge in [0.1, 0.15) is 12.1 Å². The van der Waals surface area contributed by atoms with Gasteiger partial charge in [-0.15, -0.1) is 0 Å². The van der Waals surface area contributed by atoms with E-state index in [-0.39, 0.29) is 18.6 Å². The van der Waals surface area contributed by atoms with Crippen molar-refractivity contribution >= 4 is 30.5 Å². The molecule has 0 spiro atoms. The lowest BCUT2D eigenvalue weighted by Gasteiger charge is -2.23. The van der Waals surface area contributed by atoms with Gasteiger partial charge < -0.3 is 20.8 Å². The predicted molar refractivity (Wildman–Crippen MR) is 62.9 cm³/mol. The number of carbonyl (C=O) groups excluding carboxylic acids is 1. The molecule has 7 nitrogen and oxygen atoms in total. The van der Waals surface area contributed by atoms with Crippen LogP contribution < -0.4 is 5.73 Å². The normalized spacial score (nSPS) is 13.8. The molecule has 0 aromatic rings. The standard InChI is InChI=1S/C9H16N2O5S/c1-11(6(4-17)9(15)16)7(12)3-2-5(10)8(13)14/h5-6,17H,2-4,10H2,1H3,(H,13,14)(H,15,16). The second-order valence-electron chi connectivity index (χ2n) is 3.52. The fraction of sp³-hybridized carbons (Fsp3) is 0.667. The van der Waals surface area contributed by atoms with Gasteiger partial charge in [-0.05, 0) is 6.42 Å². The molecule has 0 fully saturated rings. The van der Waals surface area contributed by atoms with Crippen molar-refractivity contribution in [2.24, 2.45) is 5.73 Å². The van der Waals surface area contributed by atoms with Gasteiger partial charge >= 0.3 is 11.9 Å². The van der Waals surface area contributed by atoms with Gasteiger partial charge in [-0.25, -0.2) is 4.79 Å². The average molecular weight is 264 g/mol. The summed E-state index contributed by atoms with van der Waals surface area (Å²) in [6.45, 7) is 0. The Bertz CT molecular complexity index is 310. The number of likely N-dealkylation sites (N-methyl/N-ethyl adjacent to an activating group) is 1. The molecule has 17 heavy (non-hydrogen) atoms. The Hall–Kier alpha value is -1.28. The number of aliphatic carboxylic acids is 2. The number of thiol groups is 1. The van der Waals surface area contributed by atoms with E-state index in [1.807, 2.05) is 0 Å². The molecule has 1 amide bonds. The third kappa shape index (κ3) is 5.05. The molecule has 0 aliphatic carbocycles. The first-order valence-corrected chi connectivity index (χ1v) is 5.52. The van der Waals surface area contributed by atoms with Crippen LogP contribution in [0.2, 0.25) is 0 Å². The predicted octanol–water partition coefficient (Wildman–Crippen LogP) is -0.980. The summed E-state index contributed by atoms with van der Waals surface area (Å²) in [6.07, 6.45) is -0.140. The van der Waals surface area contributed by atoms with E-state index in [0.717, 1.165) is 4.90 Å². The van der Waals surface area contributed by atoms with Crippen molar-refractivity contribution in [1.29, 1.82) is 0 Å². The molecule has 0 aromatic heterocycles. The molecule has 98 valence electrons. The van der Waals surface area contributed by atoms with Gasteiger partial charge in [0, 0.05) is 19.2 Å². The molecule has 0 rings (SSSR count). The smallest absolute Gasteiger partial charge is 0.327 e. The molecular weight excluding hydrogens is 248 g/mol. The molecule has 0 heterocycles. The number of hydrogen-bond donors (Lipinski definition) is 4. The van der Waals surface area contributed by atoms with Gasteiger partial charge in [0.05, 0.1) is 0 Å². The van der Waals surface area contributed by atoms with E-state index in [1.165, 1.54) is 7.05 Å². The first-order valence-electron chi connectivity index (χ1n) is 4.89. The van der Waals surface area contributed by atoms with Crippen molar-refractivity contribution in [2.45, 2.75) is 24.9 Å². The molecule has 0 aliphatic heterocycles. The zero-order chi connectivity index (χ0) is 13.6. The number of carboxylic acids is 2. The minimum Gasteiger partial charge on any atom is -0.480 e. The zero-order valence-electron chi connectivity index (χ0n) is 9.37. The van der Waals surface area contributed by atoms with Gasteiger partial charge in [0.25, 0.3) is 0 Å². The lowest BCUT2D eigenvalue weighted by Crippen LogP contribution is -2.44. The second kappa shape index (κ2) is 7.13. The summed E-state index contributed by atoms with van der Waals surface area (Å²) in [5.41, 5.74) is 5.23. The molecule has 0 saturated carbocycles. The minimum absolute atomic E-state index is 0.0114. The van der Waals surface area contributed by atoms with E-state index in [4.69, 9.17) is 15.9 Å². The quantitative estimate of drug-likeness (QED) is 0.439. The van der Waals surface area contributed by atoms with Crippen LogP contribution in [0.5, 0.6) is 0 Å². The van der Waals surface area contributed by atoms with Crippen LogP contribution in [-0.4, -0.2) is 57.8 Å². The Labute approximate surface area is 104 Å². The Kier molecular flexibility index (Phi) is 6.59. The summed E-state index contributed by atoms with van der Waals surface area (Å²) in [5.74, 6) is -2.83. The summed E-state index contributed by atoms with van der Waals surface area (Å²) < 4.78 is 0. The van der Waals surface area contributed by atoms with Crippen molar-refractivity contribution < 1.29 is 24.6 Å². The van der Waals surface area contributed by atoms with Crippen LogP contribution in [0.25, 0.3) is 0 Å². The number of carboxylic acid groups (broad SMARTS) is 2. The van der Waals surface area contributed by atoms with E-state index in [0.29, 0.717) is 0 Å². The van der Waals surface area contributed by atoms with Gasteiger partial charge in [0.15, 0.2) is 0 Å². The molecule has 4 N–H and O–H groups in total. The first-order chi connectivity index (χ1) is 7.81. The molecule has 8 heteroatoms. The number of rotatable bonds is 7. The SMILES string of the molecule is CN(C(=O)CCC(N)C(=O)O)C(CS)C(=O)O. The number of amides is 1. The van der Waals surface area contributed by atoms with Crippen molar-refractivity contribution in [1.82, 2.24) is 4.90 Å². The molecule has 0 saturated heterocycles. The second-order valence-corrected chi connectivity index (χ2v) is 3.89. The van der Waals surface area contributed by atoms with E-state index in [9.17, 15) is 14.4 Å². The van der Waals surface area contributed by atoms with Crippen LogP contribution >= 0.6 is 12.6 Å². The van der Waals surface area contributed by atoms with Gasteiger partial charge in [-0.3, -0.25) is 9.59 Å². The number of carbonyl (C=O) groups is 3. The topological polar surface area (TPSA) is 121 Å². The lowest BCUT2D eigenvalue weighted by atomic mass is 10.1. The van der Waals surface area contributed by atoms with E-state index < -0.39 is 29.9 Å². The van der Waals surface area contributed by atoms with Crippen LogP contribution in [0, 0.1) is 0 Å². The first kappa shape index (κ1) is 15.7. The van der Waals surface area contributed by atoms with Gasteiger partial charge in [-0.2, -0.15) is 12.6 Å². The van der Waals surface area contributed by atoms with Crippen LogP contribution in [-0.2, 0) is 14.4 Å². The van der Waals surface area contributed by atoms with E-state index in [1.54, 1.807) is 0 Å². The van der Waals surface area contributed by atoms with Crippen molar-refractivity contribution in [3.05, 3.63) is 0 Å². The van der Waals surface area contributed by atoms with Crippen LogP contribution in [0.1, 0.15) is 12.8 Å². The number of nitrogens with zero attached hydrogens (tertiary/aromatic N) is 1. The highest BCUT2D eigenvalue weighted by molar-refractivity contribution is 7.80. The van der Waals surface area contributed by atoms with Crippen molar-refractivity contribution in [3.63, 3.8) is 0 Å². The number of nitrogens with two attached hydrogens (primary N) is 1. The van der Waals surface area contributed by atoms with Crippen molar-refractivity contribution in [3.8, 4) is 0 Å². The Balaban J connectivity index is 4.31. The largest absolute Gasteiger partial charge is 0.480 e. The van der Waals surface area contributed by atoms with E-state index >= 15 is 0 Å². The summed E-state index contributed by atoms with van der Waals surface area (Å²) in [4.78, 5) is 33.8. The van der Waals surface area contributed by atoms with Crippen LogP contribution in [0.3, 0.4) is 0 Å². The fourth-order valence-corrected chi connectivity index (χ4v) is 1.52. The highest BCUT2D eigenvalue weighted by Gasteiger charge is 2.25. The third-order valence-corrected chi connectivity index (χ3v) is 2.65. The fourth-order valence-electron chi connectivity index (χ4n) is 1.12. The van der Waals surface area contributed by atoms with Crippen molar-refractivity contribution in [2.75, 3.05) is 12.8 Å². The molecule has 2 atom stereocenters. The average Bonchev–Trinajstić information content (AvgIpc) is 2.25. The van der Waals surface area contributed by atoms with Gasteiger partial charge in [-0.1, -0.05) is 0 Å². The summed E-state index contributed by atoms with van der Waals surface area (Å²) in [6, 6.07) is -2.14. The summed E-state index contributed by atoms with van der Waals surface area (Å²) >= 11 is 3.84. The highest BCUT2D eigenvalue weighted by Crippen LogP contribution is 2.05. The number of hydrogen-bond acceptors (Lipinski definition) is 5. The molecule has 0 aliphatic rings. The monoisotopic (exact) mass is 264 g/mol. The molecule has 0 radical (unpaired) electrons. The highest BCUT2D eigenvalue weighted by atomic mass is 32.1. The lowest BCUT2D eigenvalue weighted by molar-refractivity contribution is -0.148. The molecular formula is C9H16N2O5S. The Morgan fingerprint density at radius 1 is 1.29 bits per heavy atom. The summed E-state index contributed by atoms with van der Waals surface area (Å²) in [5, 5.41) is 17.3. The Morgan fingerprint density at radius 2 is 1.82 bits per heavy atom. The van der Waals surface area contributed by atoms with E-state index in [2.05, 4.69) is 12.6 Å². The molecule has 2 unspecified atom stereocenters. The molecule has 0 bridgehead atoms. The third-order valence-electron chi connectivity index (χ3n) is 2.31. The maximum Gasteiger partial charge on any atom is 0.327 e. The minimum atomic E-state index is -1.19. The summed E-state index contributed by atoms with van der Waals surface area (Å²) in [7, 11) is 1.34. The van der Waals surface area contributed by atoms with Crippen LogP contribution in [0.4, 0.5) is 0 Å². The zero-order valence-corrected chi connectivity index (χ0v) is 10.3. The van der Waals surface area contributed by atoms with Crippen LogP contribution in [0.15, 0.2) is 0 Å². The van der Waals surface area contributed by atoms with Gasteiger partial charge in [0.2, 0.25) is 5.91 Å². The Morgan fingerprint density at radius 3 is 2.18 bits per heavy atom. The maximum absolute atomic E-state index is 11.6. The molecule has 0 aromatic carbocycles. The maximum atomic E-state index is 11.6.